The molecular formula is C10H10N2. The molecule has 2 heteroatoms. The highest BCUT2D eigenvalue weighted by Crippen LogP contribution is 2.07. The zero-order valence-corrected chi connectivity index (χ0v) is 7.04. The normalized spacial score (nSPS) is 13.1. The molecule has 2 rings (SSSR count). The van der Waals surface area contributed by atoms with Gasteiger partial charge in [-0.3, -0.25) is 0 Å². The minimum Gasteiger partial charge on any atom is -0.320 e. The highest BCUT2D eigenvalue weighted by atomic mass is 15.1. The summed E-state index contributed by atoms with van der Waals surface area (Å²) in [6.45, 7) is 2.87. The molecule has 0 aliphatic carbocycles. The van der Waals surface area contributed by atoms with Crippen molar-refractivity contribution in [2.75, 3.05) is 0 Å². The third-order valence-corrected chi connectivity index (χ3v) is 1.89. The largest absolute Gasteiger partial charge is 0.320 e. The van der Waals surface area contributed by atoms with Crippen LogP contribution in [0.4, 0.5) is 0 Å². The Kier molecular flexibility index (Phi) is 1.71. The Balaban J connectivity index is 2.44. The van der Waals surface area contributed by atoms with Gasteiger partial charge in [0, 0.05) is 6.20 Å². The fourth-order valence-corrected chi connectivity index (χ4v) is 1.22. The van der Waals surface area contributed by atoms with Crippen LogP contribution in [-0.2, 0) is 13.0 Å². The standard InChI is InChI=1S/C10H10N2/c1-2-9-8-12-7-5-3-4-6-10(12)11-9/h4,6,8H,2,7H2,1H3. The zero-order valence-electron chi connectivity index (χ0n) is 7.04. The van der Waals surface area contributed by atoms with Crippen molar-refractivity contribution >= 4 is 6.08 Å². The summed E-state index contributed by atoms with van der Waals surface area (Å²) in [5.41, 5.74) is 1.14. The van der Waals surface area contributed by atoms with Crippen molar-refractivity contribution in [2.45, 2.75) is 19.9 Å². The summed E-state index contributed by atoms with van der Waals surface area (Å²) in [6, 6.07) is 0. The number of rotatable bonds is 1. The lowest BCUT2D eigenvalue weighted by molar-refractivity contribution is 0.828. The lowest BCUT2D eigenvalue weighted by atomic mass is 10.4. The number of hydrogen-bond acceptors (Lipinski definition) is 1. The quantitative estimate of drug-likeness (QED) is 0.566. The second-order valence-corrected chi connectivity index (χ2v) is 2.73. The van der Waals surface area contributed by atoms with Crippen molar-refractivity contribution in [1.29, 1.82) is 0 Å². The summed E-state index contributed by atoms with van der Waals surface area (Å²) in [6.07, 6.45) is 6.87. The van der Waals surface area contributed by atoms with E-state index in [1.54, 1.807) is 0 Å². The van der Waals surface area contributed by atoms with Crippen LogP contribution >= 0.6 is 0 Å². The van der Waals surface area contributed by atoms with Crippen LogP contribution in [0.25, 0.3) is 6.08 Å². The summed E-state index contributed by atoms with van der Waals surface area (Å²) in [7, 11) is 0. The fourth-order valence-electron chi connectivity index (χ4n) is 1.22. The van der Waals surface area contributed by atoms with Crippen molar-refractivity contribution in [1.82, 2.24) is 9.55 Å². The van der Waals surface area contributed by atoms with Crippen LogP contribution in [-0.4, -0.2) is 9.55 Å². The number of nitrogens with zero attached hydrogens (tertiary/aromatic N) is 2. The molecule has 1 aliphatic rings. The number of allylic oxidation sites excluding steroid dienone is 1. The van der Waals surface area contributed by atoms with Crippen molar-refractivity contribution in [3.63, 3.8) is 0 Å². The molecule has 12 heavy (non-hydrogen) atoms. The maximum atomic E-state index is 4.43. The Labute approximate surface area is 71.9 Å². The molecular weight excluding hydrogens is 148 g/mol. The molecule has 0 bridgehead atoms. The lowest BCUT2D eigenvalue weighted by Crippen LogP contribution is -1.95. The summed E-state index contributed by atoms with van der Waals surface area (Å²) < 4.78 is 2.08. The monoisotopic (exact) mass is 158 g/mol. The maximum absolute atomic E-state index is 4.43. The summed E-state index contributed by atoms with van der Waals surface area (Å²) in [4.78, 5) is 4.43. The van der Waals surface area contributed by atoms with Gasteiger partial charge in [0.05, 0.1) is 12.2 Å². The third kappa shape index (κ3) is 1.14. The first-order valence-corrected chi connectivity index (χ1v) is 4.11. The molecule has 0 fully saturated rings. The van der Waals surface area contributed by atoms with Crippen LogP contribution in [0.5, 0.6) is 0 Å². The van der Waals surface area contributed by atoms with E-state index in [0.717, 1.165) is 24.5 Å². The third-order valence-electron chi connectivity index (χ3n) is 1.89. The van der Waals surface area contributed by atoms with Gasteiger partial charge < -0.3 is 4.57 Å². The van der Waals surface area contributed by atoms with Crippen LogP contribution in [0.2, 0.25) is 0 Å². The van der Waals surface area contributed by atoms with Gasteiger partial charge in [0.15, 0.2) is 0 Å². The van der Waals surface area contributed by atoms with Gasteiger partial charge in [-0.25, -0.2) is 4.98 Å². The number of fused-ring (bicyclic) bond motifs is 1. The molecule has 0 atom stereocenters. The summed E-state index contributed by atoms with van der Waals surface area (Å²) in [5, 5.41) is 0. The molecule has 1 aromatic rings. The molecule has 0 N–H and O–H groups in total. The maximum Gasteiger partial charge on any atom is 0.134 e. The molecule has 1 aromatic heterocycles. The van der Waals surface area contributed by atoms with Gasteiger partial charge in [-0.1, -0.05) is 18.8 Å². The first-order chi connectivity index (χ1) is 5.90. The van der Waals surface area contributed by atoms with Crippen molar-refractivity contribution in [3.05, 3.63) is 23.8 Å². The van der Waals surface area contributed by atoms with Gasteiger partial charge in [-0.15, -0.1) is 0 Å². The highest BCUT2D eigenvalue weighted by molar-refractivity contribution is 5.48. The molecule has 0 spiro atoms. The van der Waals surface area contributed by atoms with E-state index < -0.39 is 0 Å². The zero-order chi connectivity index (χ0) is 8.39. The smallest absolute Gasteiger partial charge is 0.134 e. The van der Waals surface area contributed by atoms with E-state index in [0.29, 0.717) is 0 Å². The Bertz CT molecular complexity index is 374. The van der Waals surface area contributed by atoms with Crippen LogP contribution in [0.15, 0.2) is 12.3 Å². The Morgan fingerprint density at radius 3 is 3.42 bits per heavy atom. The van der Waals surface area contributed by atoms with E-state index in [4.69, 9.17) is 0 Å². The van der Waals surface area contributed by atoms with Gasteiger partial charge in [0.2, 0.25) is 0 Å². The van der Waals surface area contributed by atoms with E-state index in [1.165, 1.54) is 0 Å². The molecule has 0 saturated heterocycles. The minimum atomic E-state index is 0.759. The average Bonchev–Trinajstić information content (AvgIpc) is 2.37. The van der Waals surface area contributed by atoms with E-state index in [-0.39, 0.29) is 0 Å². The molecule has 0 aromatic carbocycles. The molecule has 1 aliphatic heterocycles. The van der Waals surface area contributed by atoms with Gasteiger partial charge in [0.25, 0.3) is 0 Å². The number of imidazole rings is 1. The second kappa shape index (κ2) is 2.86. The molecule has 60 valence electrons. The predicted molar refractivity (Wildman–Crippen MR) is 48.4 cm³/mol. The molecule has 2 heterocycles. The first kappa shape index (κ1) is 7.17. The van der Waals surface area contributed by atoms with Crippen LogP contribution in [0.1, 0.15) is 18.4 Å². The Morgan fingerprint density at radius 2 is 2.58 bits per heavy atom. The SMILES string of the molecule is CCc1cn2c(n1)C=CC#CC2. The van der Waals surface area contributed by atoms with Crippen LogP contribution < -0.4 is 0 Å². The van der Waals surface area contributed by atoms with Gasteiger partial charge >= 0.3 is 0 Å². The van der Waals surface area contributed by atoms with Gasteiger partial charge in [-0.2, -0.15) is 0 Å². The lowest BCUT2D eigenvalue weighted by Gasteiger charge is -1.94. The second-order valence-electron chi connectivity index (χ2n) is 2.73. The van der Waals surface area contributed by atoms with Crippen LogP contribution in [0.3, 0.4) is 0 Å². The molecule has 0 saturated carbocycles. The topological polar surface area (TPSA) is 17.8 Å². The van der Waals surface area contributed by atoms with E-state index >= 15 is 0 Å². The van der Waals surface area contributed by atoms with Crippen LogP contribution in [0, 0.1) is 11.8 Å². The average molecular weight is 158 g/mol. The first-order valence-electron chi connectivity index (χ1n) is 4.11. The van der Waals surface area contributed by atoms with E-state index in [2.05, 4.69) is 34.5 Å². The Hall–Kier alpha value is -1.49. The number of aryl methyl sites for hydroxylation is 1. The summed E-state index contributed by atoms with van der Waals surface area (Å²) >= 11 is 0. The van der Waals surface area contributed by atoms with Crippen molar-refractivity contribution < 1.29 is 0 Å². The highest BCUT2D eigenvalue weighted by Gasteiger charge is 2.03. The van der Waals surface area contributed by atoms with E-state index in [9.17, 15) is 0 Å². The number of hydrogen-bond donors (Lipinski definition) is 0. The minimum absolute atomic E-state index is 0.759. The fraction of sp³-hybridized carbons (Fsp3) is 0.300. The van der Waals surface area contributed by atoms with Crippen molar-refractivity contribution in [2.24, 2.45) is 0 Å². The van der Waals surface area contributed by atoms with E-state index in [1.807, 2.05) is 12.2 Å². The van der Waals surface area contributed by atoms with Gasteiger partial charge in [-0.05, 0) is 18.6 Å². The molecule has 2 nitrogen and oxygen atoms in total. The predicted octanol–water partition coefficient (Wildman–Crippen LogP) is 1.48. The summed E-state index contributed by atoms with van der Waals surface area (Å²) in [5.74, 6) is 6.96. The molecule has 0 amide bonds. The number of aromatic nitrogens is 2. The Morgan fingerprint density at radius 1 is 1.67 bits per heavy atom. The molecule has 0 unspecified atom stereocenters. The van der Waals surface area contributed by atoms with Gasteiger partial charge in [0.1, 0.15) is 5.82 Å². The van der Waals surface area contributed by atoms with Crippen molar-refractivity contribution in [3.8, 4) is 11.8 Å². The molecule has 0 radical (unpaired) electrons.